The third kappa shape index (κ3) is 7.39. The van der Waals surface area contributed by atoms with Crippen LogP contribution in [0.25, 0.3) is 0 Å². The lowest BCUT2D eigenvalue weighted by Gasteiger charge is -2.18. The maximum absolute atomic E-state index is 12.7. The number of nitrogens with zero attached hydrogens (tertiary/aromatic N) is 1. The van der Waals surface area contributed by atoms with E-state index >= 15 is 0 Å². The second-order valence-corrected chi connectivity index (χ2v) is 6.93. The fourth-order valence-electron chi connectivity index (χ4n) is 2.66. The van der Waals surface area contributed by atoms with Crippen LogP contribution in [0, 0.1) is 11.8 Å². The van der Waals surface area contributed by atoms with Crippen LogP contribution < -0.4 is 15.8 Å². The van der Waals surface area contributed by atoms with Gasteiger partial charge in [0.05, 0.1) is 16.3 Å². The predicted molar refractivity (Wildman–Crippen MR) is 116 cm³/mol. The maximum atomic E-state index is 12.7. The van der Waals surface area contributed by atoms with E-state index in [2.05, 4.69) is 35.9 Å². The summed E-state index contributed by atoms with van der Waals surface area (Å²) in [5.74, 6) is 4.61. The number of amides is 1. The molecule has 166 valence electrons. The molecule has 0 unspecified atom stereocenters. The summed E-state index contributed by atoms with van der Waals surface area (Å²) in [5, 5.41) is 2.36. The van der Waals surface area contributed by atoms with Crippen molar-refractivity contribution >= 4 is 28.9 Å². The van der Waals surface area contributed by atoms with Crippen molar-refractivity contribution in [2.24, 2.45) is 0 Å². The molecule has 3 N–H and O–H groups in total. The minimum absolute atomic E-state index is 0.112. The third-order valence-electron chi connectivity index (χ3n) is 4.43. The van der Waals surface area contributed by atoms with Crippen molar-refractivity contribution in [1.29, 1.82) is 0 Å². The molecule has 0 radical (unpaired) electrons. The fraction of sp³-hybridized carbons (Fsp3) is 0.318. The number of ether oxygens (including phenoxy) is 1. The zero-order valence-corrected chi connectivity index (χ0v) is 17.9. The van der Waals surface area contributed by atoms with Crippen LogP contribution in [-0.2, 0) is 11.0 Å². The molecule has 0 heterocycles. The smallest absolute Gasteiger partial charge is 0.416 e. The van der Waals surface area contributed by atoms with E-state index in [1.165, 1.54) is 6.07 Å². The first-order valence-corrected chi connectivity index (χ1v) is 9.96. The first-order chi connectivity index (χ1) is 14.6. The summed E-state index contributed by atoms with van der Waals surface area (Å²) in [6, 6.07) is 7.54. The molecule has 1 amide bonds. The van der Waals surface area contributed by atoms with E-state index in [9.17, 15) is 18.0 Å². The van der Waals surface area contributed by atoms with Gasteiger partial charge in [0.25, 0.3) is 0 Å². The zero-order valence-electron chi connectivity index (χ0n) is 17.1. The summed E-state index contributed by atoms with van der Waals surface area (Å²) in [6.07, 6.45) is -4.51. The van der Waals surface area contributed by atoms with Crippen molar-refractivity contribution in [2.45, 2.75) is 20.0 Å². The van der Waals surface area contributed by atoms with Crippen LogP contribution in [0.1, 0.15) is 25.0 Å². The average molecular weight is 454 g/mol. The van der Waals surface area contributed by atoms with Crippen LogP contribution in [0.4, 0.5) is 24.5 Å². The topological polar surface area (TPSA) is 67.6 Å². The molecule has 0 aromatic heterocycles. The van der Waals surface area contributed by atoms with Crippen molar-refractivity contribution in [3.05, 3.63) is 52.5 Å². The summed E-state index contributed by atoms with van der Waals surface area (Å²) in [6.45, 7) is 7.26. The standard InChI is InChI=1S/C22H23ClF3N3O2/c1-3-29(4-2)11-12-31-20-9-8-17(14-19(20)27)28-21(30)10-6-15-5-7-16(13-18(15)23)22(24,25)26/h5,7-9,13-14H,3-4,11-12,27H2,1-2H3,(H,28,30). The largest absolute Gasteiger partial charge is 0.490 e. The van der Waals surface area contributed by atoms with Crippen LogP contribution in [0.5, 0.6) is 5.75 Å². The van der Waals surface area contributed by atoms with Crippen molar-refractivity contribution in [2.75, 3.05) is 37.3 Å². The van der Waals surface area contributed by atoms with Crippen molar-refractivity contribution in [3.63, 3.8) is 0 Å². The zero-order chi connectivity index (χ0) is 23.0. The molecule has 0 saturated heterocycles. The number of carbonyl (C=O) groups excluding carboxylic acids is 1. The number of nitrogens with one attached hydrogen (secondary N) is 1. The van der Waals surface area contributed by atoms with Crippen LogP contribution in [0.2, 0.25) is 5.02 Å². The van der Waals surface area contributed by atoms with E-state index < -0.39 is 17.6 Å². The molecule has 2 aromatic rings. The Balaban J connectivity index is 1.98. The van der Waals surface area contributed by atoms with Gasteiger partial charge in [0.15, 0.2) is 0 Å². The van der Waals surface area contributed by atoms with Crippen molar-refractivity contribution in [3.8, 4) is 17.6 Å². The van der Waals surface area contributed by atoms with Gasteiger partial charge in [0.2, 0.25) is 0 Å². The molecule has 0 spiro atoms. The minimum atomic E-state index is -4.51. The van der Waals surface area contributed by atoms with Crippen LogP contribution in [0.15, 0.2) is 36.4 Å². The minimum Gasteiger partial charge on any atom is -0.490 e. The number of benzene rings is 2. The van der Waals surface area contributed by atoms with E-state index in [4.69, 9.17) is 22.1 Å². The quantitative estimate of drug-likeness (QED) is 0.473. The molecule has 31 heavy (non-hydrogen) atoms. The second-order valence-electron chi connectivity index (χ2n) is 6.52. The molecule has 0 fully saturated rings. The SMILES string of the molecule is CCN(CC)CCOc1ccc(NC(=O)C#Cc2ccc(C(F)(F)F)cc2Cl)cc1N. The average Bonchev–Trinajstić information content (AvgIpc) is 2.71. The predicted octanol–water partition coefficient (Wildman–Crippen LogP) is 4.65. The molecule has 0 bridgehead atoms. The number of hydrogen-bond donors (Lipinski definition) is 2. The molecule has 0 aliphatic heterocycles. The highest BCUT2D eigenvalue weighted by Crippen LogP contribution is 2.31. The van der Waals surface area contributed by atoms with E-state index in [-0.39, 0.29) is 10.6 Å². The van der Waals surface area contributed by atoms with Gasteiger partial charge in [-0.1, -0.05) is 31.4 Å². The Hall–Kier alpha value is -2.89. The van der Waals surface area contributed by atoms with Crippen LogP contribution in [0.3, 0.4) is 0 Å². The van der Waals surface area contributed by atoms with Gasteiger partial charge in [0.1, 0.15) is 12.4 Å². The van der Waals surface area contributed by atoms with E-state index in [1.54, 1.807) is 12.1 Å². The summed E-state index contributed by atoms with van der Waals surface area (Å²) in [7, 11) is 0. The molecule has 2 aromatic carbocycles. The first-order valence-electron chi connectivity index (χ1n) is 9.58. The Morgan fingerprint density at radius 2 is 1.90 bits per heavy atom. The van der Waals surface area contributed by atoms with Crippen LogP contribution in [-0.4, -0.2) is 37.0 Å². The van der Waals surface area contributed by atoms with E-state index in [0.29, 0.717) is 23.7 Å². The molecule has 2 rings (SSSR count). The van der Waals surface area contributed by atoms with Gasteiger partial charge in [-0.15, -0.1) is 0 Å². The van der Waals surface area contributed by atoms with Gasteiger partial charge >= 0.3 is 12.1 Å². The van der Waals surface area contributed by atoms with E-state index in [1.807, 2.05) is 0 Å². The lowest BCUT2D eigenvalue weighted by Crippen LogP contribution is -2.28. The molecular weight excluding hydrogens is 431 g/mol. The highest BCUT2D eigenvalue weighted by atomic mass is 35.5. The second kappa shape index (κ2) is 10.9. The summed E-state index contributed by atoms with van der Waals surface area (Å²) in [5.41, 5.74) is 5.97. The number of halogens is 4. The van der Waals surface area contributed by atoms with E-state index in [0.717, 1.165) is 37.8 Å². The number of rotatable bonds is 7. The molecule has 9 heteroatoms. The maximum Gasteiger partial charge on any atom is 0.416 e. The molecule has 5 nitrogen and oxygen atoms in total. The number of anilines is 2. The summed E-state index contributed by atoms with van der Waals surface area (Å²) >= 11 is 5.83. The molecule has 0 saturated carbocycles. The van der Waals surface area contributed by atoms with Gasteiger partial charge in [-0.05, 0) is 49.5 Å². The molecule has 0 aliphatic carbocycles. The molecule has 0 atom stereocenters. The Morgan fingerprint density at radius 1 is 1.19 bits per heavy atom. The summed E-state index contributed by atoms with van der Waals surface area (Å²) < 4.78 is 43.7. The molecular formula is C22H23ClF3N3O2. The Kier molecular flexibility index (Phi) is 8.60. The van der Waals surface area contributed by atoms with Crippen LogP contribution >= 0.6 is 11.6 Å². The van der Waals surface area contributed by atoms with Gasteiger partial charge in [-0.2, -0.15) is 13.2 Å². The number of nitrogen functional groups attached to an aromatic ring is 1. The number of likely N-dealkylation sites (N-methyl/N-ethyl adjacent to an activating group) is 1. The van der Waals surface area contributed by atoms with Gasteiger partial charge in [0, 0.05) is 23.7 Å². The third-order valence-corrected chi connectivity index (χ3v) is 4.75. The number of alkyl halides is 3. The lowest BCUT2D eigenvalue weighted by atomic mass is 10.1. The number of nitrogens with two attached hydrogens (primary N) is 1. The Morgan fingerprint density at radius 3 is 2.48 bits per heavy atom. The van der Waals surface area contributed by atoms with Crippen molar-refractivity contribution in [1.82, 2.24) is 4.90 Å². The van der Waals surface area contributed by atoms with Gasteiger partial charge < -0.3 is 20.7 Å². The lowest BCUT2D eigenvalue weighted by molar-refractivity contribution is -0.137. The van der Waals surface area contributed by atoms with Gasteiger partial charge in [-0.3, -0.25) is 4.79 Å². The monoisotopic (exact) mass is 453 g/mol. The van der Waals surface area contributed by atoms with Gasteiger partial charge in [-0.25, -0.2) is 0 Å². The number of hydrogen-bond acceptors (Lipinski definition) is 4. The molecule has 0 aliphatic rings. The first kappa shape index (κ1) is 24.4. The van der Waals surface area contributed by atoms with Crippen molar-refractivity contribution < 1.29 is 22.7 Å². The fourth-order valence-corrected chi connectivity index (χ4v) is 2.89. The highest BCUT2D eigenvalue weighted by molar-refractivity contribution is 6.31. The summed E-state index contributed by atoms with van der Waals surface area (Å²) in [4.78, 5) is 14.3. The Bertz CT molecular complexity index is 980. The normalized spacial score (nSPS) is 11.1. The Labute approximate surface area is 184 Å². The number of carbonyl (C=O) groups is 1. The highest BCUT2D eigenvalue weighted by Gasteiger charge is 2.30.